The van der Waals surface area contributed by atoms with Crippen molar-refractivity contribution in [2.24, 2.45) is 0 Å². The average molecular weight is 365 g/mol. The van der Waals surface area contributed by atoms with E-state index in [0.29, 0.717) is 5.92 Å². The average Bonchev–Trinajstić information content (AvgIpc) is 2.75. The third kappa shape index (κ3) is 3.73. The summed E-state index contributed by atoms with van der Waals surface area (Å²) in [4.78, 5) is 0. The SMILES string of the molecule is Cc1ccc(-c2ccccc2)cc1-c1cc(C2=CCCC=C2)ccc1C(C)C. The first-order valence-corrected chi connectivity index (χ1v) is 10.3. The van der Waals surface area contributed by atoms with Crippen LogP contribution in [0.15, 0.2) is 85.0 Å². The van der Waals surface area contributed by atoms with E-state index < -0.39 is 0 Å². The monoisotopic (exact) mass is 364 g/mol. The predicted molar refractivity (Wildman–Crippen MR) is 122 cm³/mol. The summed E-state index contributed by atoms with van der Waals surface area (Å²) >= 11 is 0. The molecule has 0 amide bonds. The minimum absolute atomic E-state index is 0.486. The van der Waals surface area contributed by atoms with Gasteiger partial charge in [-0.2, -0.15) is 0 Å². The van der Waals surface area contributed by atoms with Gasteiger partial charge >= 0.3 is 0 Å². The highest BCUT2D eigenvalue weighted by molar-refractivity contribution is 5.82. The van der Waals surface area contributed by atoms with E-state index >= 15 is 0 Å². The Kier molecular flexibility index (Phi) is 5.30. The summed E-state index contributed by atoms with van der Waals surface area (Å²) in [6.07, 6.45) is 9.20. The lowest BCUT2D eigenvalue weighted by molar-refractivity contribution is 0.868. The molecule has 0 unspecified atom stereocenters. The van der Waals surface area contributed by atoms with Crippen LogP contribution in [0.2, 0.25) is 0 Å². The first-order chi connectivity index (χ1) is 13.6. The molecule has 0 heteroatoms. The quantitative estimate of drug-likeness (QED) is 0.438. The summed E-state index contributed by atoms with van der Waals surface area (Å²) in [5.74, 6) is 0.486. The fraction of sp³-hybridized carbons (Fsp3) is 0.214. The molecule has 0 heterocycles. The van der Waals surface area contributed by atoms with E-state index in [4.69, 9.17) is 0 Å². The molecule has 3 aromatic rings. The van der Waals surface area contributed by atoms with Gasteiger partial charge in [-0.25, -0.2) is 0 Å². The highest BCUT2D eigenvalue weighted by Gasteiger charge is 2.14. The lowest BCUT2D eigenvalue weighted by Gasteiger charge is -2.19. The van der Waals surface area contributed by atoms with Crippen molar-refractivity contribution in [2.45, 2.75) is 39.5 Å². The van der Waals surface area contributed by atoms with E-state index in [2.05, 4.69) is 106 Å². The topological polar surface area (TPSA) is 0 Å². The predicted octanol–water partition coefficient (Wildman–Crippen LogP) is 8.19. The second kappa shape index (κ2) is 8.02. The van der Waals surface area contributed by atoms with Crippen molar-refractivity contribution in [3.05, 3.63) is 102 Å². The van der Waals surface area contributed by atoms with Gasteiger partial charge in [0.2, 0.25) is 0 Å². The van der Waals surface area contributed by atoms with Gasteiger partial charge in [-0.3, -0.25) is 0 Å². The van der Waals surface area contributed by atoms with E-state index in [1.54, 1.807) is 0 Å². The van der Waals surface area contributed by atoms with Gasteiger partial charge in [0.1, 0.15) is 0 Å². The Morgan fingerprint density at radius 3 is 2.18 bits per heavy atom. The third-order valence-corrected chi connectivity index (χ3v) is 5.64. The van der Waals surface area contributed by atoms with Gasteiger partial charge in [0.15, 0.2) is 0 Å². The molecule has 4 rings (SSSR count). The Hall–Kier alpha value is -2.86. The fourth-order valence-corrected chi connectivity index (χ4v) is 4.02. The zero-order valence-electron chi connectivity index (χ0n) is 17.1. The van der Waals surface area contributed by atoms with Crippen molar-refractivity contribution in [2.75, 3.05) is 0 Å². The fourth-order valence-electron chi connectivity index (χ4n) is 4.02. The van der Waals surface area contributed by atoms with Crippen molar-refractivity contribution < 1.29 is 0 Å². The van der Waals surface area contributed by atoms with E-state index in [9.17, 15) is 0 Å². The zero-order valence-corrected chi connectivity index (χ0v) is 17.1. The number of rotatable bonds is 4. The van der Waals surface area contributed by atoms with Crippen LogP contribution in [0.4, 0.5) is 0 Å². The van der Waals surface area contributed by atoms with E-state index in [1.165, 1.54) is 44.5 Å². The first kappa shape index (κ1) is 18.5. The molecule has 0 aromatic heterocycles. The minimum Gasteiger partial charge on any atom is -0.0836 e. The number of benzene rings is 3. The molecular formula is C28H28. The third-order valence-electron chi connectivity index (χ3n) is 5.64. The molecule has 1 aliphatic rings. The highest BCUT2D eigenvalue weighted by Crippen LogP contribution is 2.36. The van der Waals surface area contributed by atoms with Gasteiger partial charge in [-0.05, 0) is 82.3 Å². The van der Waals surface area contributed by atoms with E-state index in [-0.39, 0.29) is 0 Å². The molecule has 0 bridgehead atoms. The maximum absolute atomic E-state index is 2.40. The Morgan fingerprint density at radius 2 is 1.46 bits per heavy atom. The number of hydrogen-bond acceptors (Lipinski definition) is 0. The second-order valence-electron chi connectivity index (χ2n) is 7.99. The zero-order chi connectivity index (χ0) is 19.5. The van der Waals surface area contributed by atoms with Crippen LogP contribution in [-0.4, -0.2) is 0 Å². The van der Waals surface area contributed by atoms with Crippen LogP contribution in [0.5, 0.6) is 0 Å². The van der Waals surface area contributed by atoms with Crippen molar-refractivity contribution in [3.8, 4) is 22.3 Å². The van der Waals surface area contributed by atoms with Crippen molar-refractivity contribution >= 4 is 5.57 Å². The van der Waals surface area contributed by atoms with Gasteiger partial charge in [0, 0.05) is 0 Å². The summed E-state index contributed by atoms with van der Waals surface area (Å²) in [6.45, 7) is 6.80. The van der Waals surface area contributed by atoms with Crippen molar-refractivity contribution in [1.82, 2.24) is 0 Å². The van der Waals surface area contributed by atoms with Crippen LogP contribution >= 0.6 is 0 Å². The normalized spacial score (nSPS) is 13.6. The molecule has 28 heavy (non-hydrogen) atoms. The summed E-state index contributed by atoms with van der Waals surface area (Å²) < 4.78 is 0. The van der Waals surface area contributed by atoms with Crippen LogP contribution in [0.3, 0.4) is 0 Å². The van der Waals surface area contributed by atoms with Gasteiger partial charge < -0.3 is 0 Å². The lowest BCUT2D eigenvalue weighted by atomic mass is 9.86. The van der Waals surface area contributed by atoms with E-state index in [1.807, 2.05) is 0 Å². The molecule has 0 saturated carbocycles. The highest BCUT2D eigenvalue weighted by atomic mass is 14.2. The van der Waals surface area contributed by atoms with Gasteiger partial charge in [0.25, 0.3) is 0 Å². The molecule has 3 aromatic carbocycles. The number of hydrogen-bond donors (Lipinski definition) is 0. The summed E-state index contributed by atoms with van der Waals surface area (Å²) in [5.41, 5.74) is 10.7. The Morgan fingerprint density at radius 1 is 0.714 bits per heavy atom. The Balaban J connectivity index is 1.87. The largest absolute Gasteiger partial charge is 0.0836 e. The Labute approximate surface area is 169 Å². The Bertz CT molecular complexity index is 1030. The van der Waals surface area contributed by atoms with Gasteiger partial charge in [-0.1, -0.05) is 86.7 Å². The summed E-state index contributed by atoms with van der Waals surface area (Å²) in [5, 5.41) is 0. The van der Waals surface area contributed by atoms with Crippen LogP contribution in [0, 0.1) is 6.92 Å². The second-order valence-corrected chi connectivity index (χ2v) is 7.99. The van der Waals surface area contributed by atoms with Crippen molar-refractivity contribution in [1.29, 1.82) is 0 Å². The number of aryl methyl sites for hydroxylation is 1. The maximum Gasteiger partial charge on any atom is -0.0140 e. The van der Waals surface area contributed by atoms with Crippen LogP contribution < -0.4 is 0 Å². The smallest absolute Gasteiger partial charge is 0.0140 e. The van der Waals surface area contributed by atoms with Crippen LogP contribution in [0.1, 0.15) is 49.3 Å². The standard InChI is InChI=1S/C28H28/c1-20(2)26-17-16-25(23-12-8-5-9-13-23)19-28(26)27-18-24(15-14-21(27)3)22-10-6-4-7-11-22/h4,6-8,10-20H,5,9H2,1-3H3. The molecular weight excluding hydrogens is 336 g/mol. The molecule has 1 aliphatic carbocycles. The maximum atomic E-state index is 2.40. The molecule has 0 nitrogen and oxygen atoms in total. The minimum atomic E-state index is 0.486. The van der Waals surface area contributed by atoms with Gasteiger partial charge in [0.05, 0.1) is 0 Å². The molecule has 0 fully saturated rings. The van der Waals surface area contributed by atoms with Gasteiger partial charge in [-0.15, -0.1) is 0 Å². The molecule has 0 atom stereocenters. The van der Waals surface area contributed by atoms with Crippen molar-refractivity contribution in [3.63, 3.8) is 0 Å². The van der Waals surface area contributed by atoms with E-state index in [0.717, 1.165) is 12.8 Å². The lowest BCUT2D eigenvalue weighted by Crippen LogP contribution is -1.97. The molecule has 0 radical (unpaired) electrons. The number of allylic oxidation sites excluding steroid dienone is 4. The summed E-state index contributed by atoms with van der Waals surface area (Å²) in [7, 11) is 0. The summed E-state index contributed by atoms with van der Waals surface area (Å²) in [6, 6.07) is 24.5. The molecule has 0 N–H and O–H groups in total. The van der Waals surface area contributed by atoms with Crippen LogP contribution in [-0.2, 0) is 0 Å². The molecule has 0 aliphatic heterocycles. The van der Waals surface area contributed by atoms with Crippen LogP contribution in [0.25, 0.3) is 27.8 Å². The molecule has 0 saturated heterocycles. The first-order valence-electron chi connectivity index (χ1n) is 10.3. The molecule has 140 valence electrons. The molecule has 0 spiro atoms.